The zero-order valence-corrected chi connectivity index (χ0v) is 12.8. The van der Waals surface area contributed by atoms with E-state index in [0.717, 1.165) is 24.1 Å². The molecule has 0 aromatic carbocycles. The molecule has 1 fully saturated rings. The summed E-state index contributed by atoms with van der Waals surface area (Å²) in [7, 11) is 1.87. The predicted molar refractivity (Wildman–Crippen MR) is 77.6 cm³/mol. The molecule has 1 saturated carbocycles. The van der Waals surface area contributed by atoms with Crippen molar-refractivity contribution in [1.82, 2.24) is 15.1 Å². The SMILES string of the molecule is Cc1c(C(C)NC(=O)C2CCCC(C(=O)O)C2)cnn1C. The van der Waals surface area contributed by atoms with Crippen LogP contribution >= 0.6 is 0 Å². The Morgan fingerprint density at radius 2 is 2.10 bits per heavy atom. The maximum absolute atomic E-state index is 12.3. The fourth-order valence-corrected chi connectivity index (χ4v) is 3.00. The molecule has 1 amide bonds. The van der Waals surface area contributed by atoms with Crippen molar-refractivity contribution in [2.75, 3.05) is 0 Å². The van der Waals surface area contributed by atoms with Crippen molar-refractivity contribution in [3.8, 4) is 0 Å². The Labute approximate surface area is 124 Å². The molecule has 1 aromatic heterocycles. The third-order valence-electron chi connectivity index (χ3n) is 4.49. The van der Waals surface area contributed by atoms with Crippen LogP contribution in [-0.2, 0) is 16.6 Å². The number of aryl methyl sites for hydroxylation is 1. The van der Waals surface area contributed by atoms with Gasteiger partial charge < -0.3 is 10.4 Å². The van der Waals surface area contributed by atoms with Crippen LogP contribution in [-0.4, -0.2) is 26.8 Å². The van der Waals surface area contributed by atoms with E-state index in [4.69, 9.17) is 5.11 Å². The Morgan fingerprint density at radius 1 is 1.43 bits per heavy atom. The van der Waals surface area contributed by atoms with Gasteiger partial charge >= 0.3 is 5.97 Å². The van der Waals surface area contributed by atoms with Crippen LogP contribution in [0, 0.1) is 18.8 Å². The van der Waals surface area contributed by atoms with E-state index in [1.165, 1.54) is 0 Å². The summed E-state index contributed by atoms with van der Waals surface area (Å²) in [6.45, 7) is 3.89. The molecule has 0 radical (unpaired) electrons. The zero-order valence-electron chi connectivity index (χ0n) is 12.8. The molecule has 0 saturated heterocycles. The van der Waals surface area contributed by atoms with Gasteiger partial charge in [0.1, 0.15) is 0 Å². The van der Waals surface area contributed by atoms with E-state index >= 15 is 0 Å². The van der Waals surface area contributed by atoms with Crippen LogP contribution in [0.5, 0.6) is 0 Å². The Hall–Kier alpha value is -1.85. The Bertz CT molecular complexity index is 538. The van der Waals surface area contributed by atoms with Crippen LogP contribution in [0.25, 0.3) is 0 Å². The van der Waals surface area contributed by atoms with Crippen molar-refractivity contribution in [1.29, 1.82) is 0 Å². The molecule has 3 atom stereocenters. The standard InChI is InChI=1S/C15H23N3O3/c1-9(13-8-16-18(3)10(13)2)17-14(19)11-5-4-6-12(7-11)15(20)21/h8-9,11-12H,4-7H2,1-3H3,(H,17,19)(H,20,21). The number of nitrogens with zero attached hydrogens (tertiary/aromatic N) is 2. The maximum Gasteiger partial charge on any atom is 0.306 e. The molecule has 3 unspecified atom stereocenters. The summed E-state index contributed by atoms with van der Waals surface area (Å²) in [5.74, 6) is -1.41. The monoisotopic (exact) mass is 293 g/mol. The number of aromatic nitrogens is 2. The van der Waals surface area contributed by atoms with Gasteiger partial charge in [-0.25, -0.2) is 0 Å². The van der Waals surface area contributed by atoms with E-state index in [9.17, 15) is 9.59 Å². The fourth-order valence-electron chi connectivity index (χ4n) is 3.00. The van der Waals surface area contributed by atoms with Gasteiger partial charge in [-0.3, -0.25) is 14.3 Å². The first kappa shape index (κ1) is 15.5. The molecular formula is C15H23N3O3. The summed E-state index contributed by atoms with van der Waals surface area (Å²) < 4.78 is 1.78. The number of nitrogens with one attached hydrogen (secondary N) is 1. The highest BCUT2D eigenvalue weighted by Crippen LogP contribution is 2.30. The molecular weight excluding hydrogens is 270 g/mol. The molecule has 21 heavy (non-hydrogen) atoms. The van der Waals surface area contributed by atoms with E-state index < -0.39 is 5.97 Å². The van der Waals surface area contributed by atoms with Gasteiger partial charge in [-0.1, -0.05) is 6.42 Å². The molecule has 0 aliphatic heterocycles. The third kappa shape index (κ3) is 3.43. The molecule has 1 aliphatic carbocycles. The van der Waals surface area contributed by atoms with Crippen molar-refractivity contribution in [2.24, 2.45) is 18.9 Å². The second-order valence-electron chi connectivity index (χ2n) is 5.94. The molecule has 1 heterocycles. The Morgan fingerprint density at radius 3 is 2.67 bits per heavy atom. The average molecular weight is 293 g/mol. The van der Waals surface area contributed by atoms with Gasteiger partial charge in [0.15, 0.2) is 0 Å². The van der Waals surface area contributed by atoms with Crippen LogP contribution in [0.3, 0.4) is 0 Å². The lowest BCUT2D eigenvalue weighted by molar-refractivity contribution is -0.144. The van der Waals surface area contributed by atoms with E-state index in [-0.39, 0.29) is 23.8 Å². The minimum absolute atomic E-state index is 0.0447. The summed E-state index contributed by atoms with van der Waals surface area (Å²) in [6, 6.07) is -0.114. The highest BCUT2D eigenvalue weighted by molar-refractivity contribution is 5.80. The highest BCUT2D eigenvalue weighted by Gasteiger charge is 2.31. The number of rotatable bonds is 4. The van der Waals surface area contributed by atoms with Crippen molar-refractivity contribution in [3.63, 3.8) is 0 Å². The number of carboxylic acids is 1. The topological polar surface area (TPSA) is 84.2 Å². The van der Waals surface area contributed by atoms with E-state index in [1.807, 2.05) is 20.9 Å². The molecule has 1 aromatic rings. The minimum Gasteiger partial charge on any atom is -0.481 e. The average Bonchev–Trinajstić information content (AvgIpc) is 2.79. The summed E-state index contributed by atoms with van der Waals surface area (Å²) >= 11 is 0. The van der Waals surface area contributed by atoms with Crippen molar-refractivity contribution < 1.29 is 14.7 Å². The van der Waals surface area contributed by atoms with Crippen molar-refractivity contribution >= 4 is 11.9 Å². The first-order chi connectivity index (χ1) is 9.90. The van der Waals surface area contributed by atoms with Crippen LogP contribution in [0.2, 0.25) is 0 Å². The smallest absolute Gasteiger partial charge is 0.306 e. The number of amides is 1. The summed E-state index contributed by atoms with van der Waals surface area (Å²) in [5.41, 5.74) is 2.02. The molecule has 1 aliphatic rings. The summed E-state index contributed by atoms with van der Waals surface area (Å²) in [4.78, 5) is 23.4. The lowest BCUT2D eigenvalue weighted by Gasteiger charge is -2.27. The second-order valence-corrected chi connectivity index (χ2v) is 5.94. The van der Waals surface area contributed by atoms with Crippen LogP contribution in [0.4, 0.5) is 0 Å². The highest BCUT2D eigenvalue weighted by atomic mass is 16.4. The molecule has 6 nitrogen and oxygen atoms in total. The Balaban J connectivity index is 1.97. The fraction of sp³-hybridized carbons (Fsp3) is 0.667. The molecule has 116 valence electrons. The van der Waals surface area contributed by atoms with Crippen LogP contribution in [0.1, 0.15) is 49.9 Å². The van der Waals surface area contributed by atoms with Gasteiger partial charge in [-0.15, -0.1) is 0 Å². The third-order valence-corrected chi connectivity index (χ3v) is 4.49. The quantitative estimate of drug-likeness (QED) is 0.886. The molecule has 6 heteroatoms. The molecule has 0 spiro atoms. The Kier molecular flexibility index (Phi) is 4.65. The number of hydrogen-bond acceptors (Lipinski definition) is 3. The van der Waals surface area contributed by atoms with Gasteiger partial charge in [0, 0.05) is 24.2 Å². The summed E-state index contributed by atoms with van der Waals surface area (Å²) in [6.07, 6.45) is 4.46. The van der Waals surface area contributed by atoms with Crippen LogP contribution < -0.4 is 5.32 Å². The predicted octanol–water partition coefficient (Wildman–Crippen LogP) is 1.80. The van der Waals surface area contributed by atoms with Crippen LogP contribution in [0.15, 0.2) is 6.20 Å². The first-order valence-corrected chi connectivity index (χ1v) is 7.41. The lowest BCUT2D eigenvalue weighted by Crippen LogP contribution is -2.36. The second kappa shape index (κ2) is 6.28. The molecule has 2 rings (SSSR count). The number of carboxylic acid groups (broad SMARTS) is 1. The van der Waals surface area contributed by atoms with Gasteiger partial charge in [0.05, 0.1) is 18.2 Å². The molecule has 0 bridgehead atoms. The van der Waals surface area contributed by atoms with Gasteiger partial charge in [-0.05, 0) is 33.1 Å². The van der Waals surface area contributed by atoms with E-state index in [2.05, 4.69) is 10.4 Å². The van der Waals surface area contributed by atoms with Crippen molar-refractivity contribution in [3.05, 3.63) is 17.5 Å². The number of carbonyl (C=O) groups is 2. The number of aliphatic carboxylic acids is 1. The zero-order chi connectivity index (χ0) is 15.6. The van der Waals surface area contributed by atoms with Crippen molar-refractivity contribution in [2.45, 2.75) is 45.6 Å². The van der Waals surface area contributed by atoms with Gasteiger partial charge in [0.2, 0.25) is 5.91 Å². The maximum atomic E-state index is 12.3. The lowest BCUT2D eigenvalue weighted by atomic mass is 9.81. The number of hydrogen-bond donors (Lipinski definition) is 2. The van der Waals surface area contributed by atoms with Gasteiger partial charge in [-0.2, -0.15) is 5.10 Å². The van der Waals surface area contributed by atoms with Gasteiger partial charge in [0.25, 0.3) is 0 Å². The van der Waals surface area contributed by atoms with E-state index in [0.29, 0.717) is 12.8 Å². The number of carbonyl (C=O) groups excluding carboxylic acids is 1. The van der Waals surface area contributed by atoms with E-state index in [1.54, 1.807) is 10.9 Å². The largest absolute Gasteiger partial charge is 0.481 e. The first-order valence-electron chi connectivity index (χ1n) is 7.41. The summed E-state index contributed by atoms with van der Waals surface area (Å²) in [5, 5.41) is 16.3. The minimum atomic E-state index is -0.788. The molecule has 2 N–H and O–H groups in total. The normalized spacial score (nSPS) is 23.6.